The van der Waals surface area contributed by atoms with Crippen LogP contribution in [0.3, 0.4) is 0 Å². The summed E-state index contributed by atoms with van der Waals surface area (Å²) >= 11 is 0. The van der Waals surface area contributed by atoms with Crippen LogP contribution in [0.25, 0.3) is 0 Å². The molecular formula is C12H26NO3S+. The molecule has 1 rings (SSSR count). The monoisotopic (exact) mass is 264 g/mol. The molecule has 4 nitrogen and oxygen atoms in total. The van der Waals surface area contributed by atoms with E-state index in [0.29, 0.717) is 11.8 Å². The van der Waals surface area contributed by atoms with Crippen LogP contribution in [0.5, 0.6) is 0 Å². The second-order valence-corrected chi connectivity index (χ2v) is 8.26. The zero-order valence-electron chi connectivity index (χ0n) is 11.3. The van der Waals surface area contributed by atoms with Crippen LogP contribution in [-0.2, 0) is 9.84 Å². The van der Waals surface area contributed by atoms with Gasteiger partial charge in [-0.15, -0.1) is 0 Å². The van der Waals surface area contributed by atoms with Gasteiger partial charge in [0.1, 0.15) is 17.9 Å². The Bertz CT molecular complexity index is 328. The third-order valence-electron chi connectivity index (χ3n) is 3.19. The van der Waals surface area contributed by atoms with E-state index in [0.717, 1.165) is 13.1 Å². The van der Waals surface area contributed by atoms with Crippen LogP contribution in [0.15, 0.2) is 0 Å². The van der Waals surface area contributed by atoms with Gasteiger partial charge in [-0.05, 0) is 0 Å². The minimum absolute atomic E-state index is 0.0582. The first-order valence-electron chi connectivity index (χ1n) is 6.44. The molecule has 5 heteroatoms. The zero-order valence-corrected chi connectivity index (χ0v) is 12.1. The van der Waals surface area contributed by atoms with Gasteiger partial charge in [0.25, 0.3) is 0 Å². The van der Waals surface area contributed by atoms with Crippen LogP contribution >= 0.6 is 0 Å². The lowest BCUT2D eigenvalue weighted by molar-refractivity contribution is -0.931. The van der Waals surface area contributed by atoms with E-state index in [1.807, 2.05) is 0 Å². The molecule has 1 aliphatic heterocycles. The first kappa shape index (κ1) is 14.9. The minimum atomic E-state index is -3.03. The number of sulfone groups is 1. The third-order valence-corrected chi connectivity index (χ3v) is 4.90. The number of aliphatic hydroxyl groups is 1. The summed E-state index contributed by atoms with van der Waals surface area (Å²) in [6, 6.07) is -0.134. The van der Waals surface area contributed by atoms with Crippen molar-refractivity contribution in [3.63, 3.8) is 0 Å². The summed E-state index contributed by atoms with van der Waals surface area (Å²) in [4.78, 5) is 1.24. The summed E-state index contributed by atoms with van der Waals surface area (Å²) < 4.78 is 23.1. The lowest BCUT2D eigenvalue weighted by Crippen LogP contribution is -3.18. The maximum Gasteiger partial charge on any atom is 0.159 e. The first-order chi connectivity index (χ1) is 7.71. The van der Waals surface area contributed by atoms with Crippen molar-refractivity contribution in [2.24, 2.45) is 11.8 Å². The molecule has 0 unspecified atom stereocenters. The predicted octanol–water partition coefficient (Wildman–Crippen LogP) is -0.659. The van der Waals surface area contributed by atoms with E-state index in [2.05, 4.69) is 27.7 Å². The van der Waals surface area contributed by atoms with Gasteiger partial charge in [0.15, 0.2) is 9.84 Å². The topological polar surface area (TPSA) is 58.8 Å². The van der Waals surface area contributed by atoms with Crippen molar-refractivity contribution in [1.29, 1.82) is 0 Å². The van der Waals surface area contributed by atoms with Crippen LogP contribution < -0.4 is 4.90 Å². The number of aliphatic hydroxyl groups excluding tert-OH is 1. The van der Waals surface area contributed by atoms with Gasteiger partial charge < -0.3 is 10.0 Å². The summed E-state index contributed by atoms with van der Waals surface area (Å²) in [6.45, 7) is 10.4. The van der Waals surface area contributed by atoms with Gasteiger partial charge in [-0.1, -0.05) is 27.7 Å². The SMILES string of the molecule is CC(C)C[NH+](CC(C)C)[C@@H]1CS(=O)(=O)C[C@@H]1O. The molecule has 1 heterocycles. The quantitative estimate of drug-likeness (QED) is 0.693. The summed E-state index contributed by atoms with van der Waals surface area (Å²) in [5, 5.41) is 9.92. The fourth-order valence-corrected chi connectivity index (χ4v) is 4.55. The molecule has 0 aromatic heterocycles. The Balaban J connectivity index is 2.76. The normalized spacial score (nSPS) is 28.5. The van der Waals surface area contributed by atoms with Gasteiger partial charge in [-0.3, -0.25) is 0 Å². The summed E-state index contributed by atoms with van der Waals surface area (Å²) in [6.07, 6.45) is -0.688. The van der Waals surface area contributed by atoms with Gasteiger partial charge in [0, 0.05) is 11.8 Å². The fourth-order valence-electron chi connectivity index (χ4n) is 2.65. The van der Waals surface area contributed by atoms with Crippen molar-refractivity contribution in [3.8, 4) is 0 Å². The Hall–Kier alpha value is -0.130. The molecule has 1 aliphatic rings. The molecule has 0 radical (unpaired) electrons. The Morgan fingerprint density at radius 1 is 1.12 bits per heavy atom. The Labute approximate surface area is 105 Å². The van der Waals surface area contributed by atoms with Crippen molar-refractivity contribution in [1.82, 2.24) is 0 Å². The van der Waals surface area contributed by atoms with Crippen molar-refractivity contribution in [2.45, 2.75) is 39.8 Å². The molecule has 1 saturated heterocycles. The smallest absolute Gasteiger partial charge is 0.159 e. The van der Waals surface area contributed by atoms with E-state index < -0.39 is 15.9 Å². The molecule has 1 fully saturated rings. The largest absolute Gasteiger partial charge is 0.386 e. The standard InChI is InChI=1S/C12H25NO3S/c1-9(2)5-13(6-10(3)4)11-7-17(15,16)8-12(11)14/h9-12,14H,5-8H2,1-4H3/p+1/t11-,12+/m1/s1. The summed E-state index contributed by atoms with van der Waals surface area (Å²) in [5.74, 6) is 1.11. The second-order valence-electron chi connectivity index (χ2n) is 6.10. The summed E-state index contributed by atoms with van der Waals surface area (Å²) in [5.41, 5.74) is 0. The lowest BCUT2D eigenvalue weighted by atomic mass is 10.1. The molecule has 2 atom stereocenters. The Morgan fingerprint density at radius 3 is 1.88 bits per heavy atom. The molecule has 0 amide bonds. The first-order valence-corrected chi connectivity index (χ1v) is 8.26. The molecule has 0 spiro atoms. The highest BCUT2D eigenvalue weighted by molar-refractivity contribution is 7.91. The molecule has 0 saturated carbocycles. The van der Waals surface area contributed by atoms with Crippen LogP contribution in [0.1, 0.15) is 27.7 Å². The van der Waals surface area contributed by atoms with Crippen molar-refractivity contribution >= 4 is 9.84 Å². The molecule has 2 N–H and O–H groups in total. The number of rotatable bonds is 5. The zero-order chi connectivity index (χ0) is 13.2. The van der Waals surface area contributed by atoms with Crippen molar-refractivity contribution in [2.75, 3.05) is 24.6 Å². The average molecular weight is 264 g/mol. The summed E-state index contributed by atoms with van der Waals surface area (Å²) in [7, 11) is -3.03. The van der Waals surface area contributed by atoms with E-state index >= 15 is 0 Å². The lowest BCUT2D eigenvalue weighted by Gasteiger charge is -2.29. The number of quaternary nitrogens is 1. The van der Waals surface area contributed by atoms with E-state index in [-0.39, 0.29) is 17.5 Å². The van der Waals surface area contributed by atoms with Crippen molar-refractivity contribution < 1.29 is 18.4 Å². The van der Waals surface area contributed by atoms with Crippen LogP contribution in [-0.4, -0.2) is 50.3 Å². The fraction of sp³-hybridized carbons (Fsp3) is 1.00. The van der Waals surface area contributed by atoms with Crippen LogP contribution in [0.2, 0.25) is 0 Å². The van der Waals surface area contributed by atoms with Gasteiger partial charge in [0.2, 0.25) is 0 Å². The van der Waals surface area contributed by atoms with E-state index in [4.69, 9.17) is 0 Å². The van der Waals surface area contributed by atoms with Gasteiger partial charge in [0.05, 0.1) is 18.8 Å². The minimum Gasteiger partial charge on any atom is -0.386 e. The highest BCUT2D eigenvalue weighted by Crippen LogP contribution is 2.10. The highest BCUT2D eigenvalue weighted by atomic mass is 32.2. The van der Waals surface area contributed by atoms with E-state index in [9.17, 15) is 13.5 Å². The third kappa shape index (κ3) is 4.56. The van der Waals surface area contributed by atoms with Crippen LogP contribution in [0, 0.1) is 11.8 Å². The molecule has 17 heavy (non-hydrogen) atoms. The number of nitrogens with one attached hydrogen (secondary N) is 1. The predicted molar refractivity (Wildman–Crippen MR) is 68.8 cm³/mol. The molecule has 0 aromatic carbocycles. The number of hydrogen-bond donors (Lipinski definition) is 2. The maximum atomic E-state index is 11.6. The van der Waals surface area contributed by atoms with Gasteiger partial charge in [-0.25, -0.2) is 8.42 Å². The molecule has 0 bridgehead atoms. The molecule has 102 valence electrons. The van der Waals surface area contributed by atoms with E-state index in [1.54, 1.807) is 0 Å². The van der Waals surface area contributed by atoms with Crippen molar-refractivity contribution in [3.05, 3.63) is 0 Å². The molecular weight excluding hydrogens is 238 g/mol. The second kappa shape index (κ2) is 5.67. The number of hydrogen-bond acceptors (Lipinski definition) is 3. The molecule has 0 aromatic rings. The average Bonchev–Trinajstić information content (AvgIpc) is 2.36. The Kier molecular flexibility index (Phi) is 4.98. The van der Waals surface area contributed by atoms with Crippen LogP contribution in [0.4, 0.5) is 0 Å². The maximum absolute atomic E-state index is 11.6. The van der Waals surface area contributed by atoms with Gasteiger partial charge in [-0.2, -0.15) is 0 Å². The molecule has 0 aliphatic carbocycles. The Morgan fingerprint density at radius 2 is 1.59 bits per heavy atom. The highest BCUT2D eigenvalue weighted by Gasteiger charge is 2.43. The van der Waals surface area contributed by atoms with E-state index in [1.165, 1.54) is 4.90 Å². The van der Waals surface area contributed by atoms with Gasteiger partial charge >= 0.3 is 0 Å².